The van der Waals surface area contributed by atoms with Gasteiger partial charge in [0, 0.05) is 31.4 Å². The van der Waals surface area contributed by atoms with Gasteiger partial charge in [0.25, 0.3) is 0 Å². The van der Waals surface area contributed by atoms with E-state index in [1.807, 2.05) is 99.6 Å². The van der Waals surface area contributed by atoms with E-state index in [4.69, 9.17) is 25.6 Å². The molecule has 3 aromatic carbocycles. The van der Waals surface area contributed by atoms with Gasteiger partial charge in [-0.2, -0.15) is 5.21 Å². The molecular formula is C38H50N8O10. The largest absolute Gasteiger partial charge is 0.464 e. The van der Waals surface area contributed by atoms with Crippen LogP contribution in [0.5, 0.6) is 0 Å². The first-order valence-corrected chi connectivity index (χ1v) is 18.4. The summed E-state index contributed by atoms with van der Waals surface area (Å²) in [6.45, 7) is 5.77. The summed E-state index contributed by atoms with van der Waals surface area (Å²) in [5.74, 6) is -1.24. The van der Waals surface area contributed by atoms with Crippen LogP contribution in [-0.4, -0.2) is 99.9 Å². The standard InChI is InChI=1S/C38H50N8O10/c1-4-5-17-33(47)44(25-28-19-21-29(22-20-28)30-15-9-10-16-31(30)36-40-42-43-41-36)35(26(2)3)37(48)39-32(24-27-13-7-6-8-14-27)38(49)54-23-12-11-18-34(55-45(50)51)56-46(52)53/h6-10,13-16,19-22,26,32,34-35,50-53H,4-5,11-12,17-18,23-25H2,1-3H3,(H,39,48)(H,40,41,42,43). The Labute approximate surface area is 324 Å². The normalized spacial score (nSPS) is 12.6. The average Bonchev–Trinajstić information content (AvgIpc) is 3.71. The van der Waals surface area contributed by atoms with E-state index in [0.29, 0.717) is 12.2 Å². The van der Waals surface area contributed by atoms with Gasteiger partial charge in [-0.25, -0.2) is 14.5 Å². The Morgan fingerprint density at radius 1 is 0.821 bits per heavy atom. The number of esters is 1. The highest BCUT2D eigenvalue weighted by Gasteiger charge is 2.35. The van der Waals surface area contributed by atoms with Crippen molar-refractivity contribution in [3.05, 3.63) is 90.0 Å². The number of unbranched alkanes of at least 4 members (excludes halogenated alkanes) is 2. The molecule has 4 aromatic rings. The van der Waals surface area contributed by atoms with Gasteiger partial charge in [0.15, 0.2) is 0 Å². The van der Waals surface area contributed by atoms with Crippen LogP contribution in [0.1, 0.15) is 70.4 Å². The molecule has 1 heterocycles. The summed E-state index contributed by atoms with van der Waals surface area (Å²) in [7, 11) is 0. The van der Waals surface area contributed by atoms with Crippen LogP contribution in [0.15, 0.2) is 78.9 Å². The molecule has 0 radical (unpaired) electrons. The number of tetrazole rings is 1. The minimum Gasteiger partial charge on any atom is -0.464 e. The van der Waals surface area contributed by atoms with Crippen LogP contribution >= 0.6 is 0 Å². The van der Waals surface area contributed by atoms with Crippen LogP contribution in [-0.2, 0) is 41.8 Å². The van der Waals surface area contributed by atoms with Crippen LogP contribution in [0.25, 0.3) is 22.5 Å². The molecule has 2 amide bonds. The van der Waals surface area contributed by atoms with Gasteiger partial charge in [0.2, 0.25) is 23.9 Å². The van der Waals surface area contributed by atoms with Gasteiger partial charge in [-0.05, 0) is 52.6 Å². The molecule has 2 atom stereocenters. The van der Waals surface area contributed by atoms with Crippen molar-refractivity contribution >= 4 is 17.8 Å². The van der Waals surface area contributed by atoms with Gasteiger partial charge in [0.05, 0.1) is 17.4 Å². The fourth-order valence-corrected chi connectivity index (χ4v) is 6.13. The lowest BCUT2D eigenvalue weighted by Crippen LogP contribution is -2.55. The zero-order valence-electron chi connectivity index (χ0n) is 31.6. The molecule has 4 rings (SSSR count). The predicted molar refractivity (Wildman–Crippen MR) is 197 cm³/mol. The average molecular weight is 779 g/mol. The second-order valence-electron chi connectivity index (χ2n) is 13.4. The summed E-state index contributed by atoms with van der Waals surface area (Å²) < 4.78 is 5.55. The number of H-pyrrole nitrogens is 1. The molecule has 56 heavy (non-hydrogen) atoms. The van der Waals surface area contributed by atoms with Crippen LogP contribution in [0.2, 0.25) is 0 Å². The van der Waals surface area contributed by atoms with Crippen molar-refractivity contribution in [1.82, 2.24) is 41.6 Å². The number of aromatic nitrogens is 4. The zero-order valence-corrected chi connectivity index (χ0v) is 31.6. The maximum Gasteiger partial charge on any atom is 0.328 e. The minimum absolute atomic E-state index is 0.0504. The van der Waals surface area contributed by atoms with E-state index >= 15 is 0 Å². The molecule has 6 N–H and O–H groups in total. The van der Waals surface area contributed by atoms with E-state index in [0.717, 1.165) is 34.2 Å². The first-order chi connectivity index (χ1) is 27.0. The van der Waals surface area contributed by atoms with E-state index in [-0.39, 0.29) is 57.1 Å². The Morgan fingerprint density at radius 2 is 1.48 bits per heavy atom. The smallest absolute Gasteiger partial charge is 0.328 e. The van der Waals surface area contributed by atoms with Crippen LogP contribution in [0, 0.1) is 5.92 Å². The Bertz CT molecular complexity index is 1770. The molecule has 2 unspecified atom stereocenters. The summed E-state index contributed by atoms with van der Waals surface area (Å²) in [4.78, 5) is 52.2. The molecule has 0 bridgehead atoms. The van der Waals surface area contributed by atoms with Crippen LogP contribution in [0.4, 0.5) is 0 Å². The first-order valence-electron chi connectivity index (χ1n) is 18.4. The first kappa shape index (κ1) is 43.5. The third kappa shape index (κ3) is 13.5. The third-order valence-corrected chi connectivity index (χ3v) is 8.82. The maximum atomic E-state index is 14.3. The van der Waals surface area contributed by atoms with Crippen molar-refractivity contribution in [1.29, 1.82) is 0 Å². The van der Waals surface area contributed by atoms with Crippen molar-refractivity contribution < 1.29 is 49.6 Å². The summed E-state index contributed by atoms with van der Waals surface area (Å²) in [5, 5.41) is 51.5. The topological polar surface area (TPSA) is 236 Å². The van der Waals surface area contributed by atoms with Crippen molar-refractivity contribution in [3.8, 4) is 22.5 Å². The summed E-state index contributed by atoms with van der Waals surface area (Å²) in [6.07, 6.45) is 0.782. The van der Waals surface area contributed by atoms with E-state index in [1.165, 1.54) is 0 Å². The molecular weight excluding hydrogens is 728 g/mol. The highest BCUT2D eigenvalue weighted by molar-refractivity contribution is 5.91. The lowest BCUT2D eigenvalue weighted by molar-refractivity contribution is -0.584. The lowest BCUT2D eigenvalue weighted by atomic mass is 9.96. The molecule has 0 fully saturated rings. The third-order valence-electron chi connectivity index (χ3n) is 8.82. The lowest BCUT2D eigenvalue weighted by Gasteiger charge is -2.34. The minimum atomic E-state index is -1.48. The number of nitrogens with one attached hydrogen (secondary N) is 2. The van der Waals surface area contributed by atoms with Gasteiger partial charge >= 0.3 is 5.97 Å². The van der Waals surface area contributed by atoms with E-state index in [2.05, 4.69) is 35.6 Å². The highest BCUT2D eigenvalue weighted by atomic mass is 17.1. The van der Waals surface area contributed by atoms with Gasteiger partial charge in [-0.1, -0.05) is 106 Å². The van der Waals surface area contributed by atoms with Gasteiger partial charge in [-0.15, -0.1) is 10.2 Å². The van der Waals surface area contributed by atoms with Crippen LogP contribution < -0.4 is 5.32 Å². The number of ether oxygens (including phenoxy) is 1. The fourth-order valence-electron chi connectivity index (χ4n) is 6.13. The number of carbonyl (C=O) groups is 3. The van der Waals surface area contributed by atoms with E-state index in [9.17, 15) is 14.4 Å². The Morgan fingerprint density at radius 3 is 2.09 bits per heavy atom. The maximum absolute atomic E-state index is 14.3. The van der Waals surface area contributed by atoms with E-state index in [1.54, 1.807) is 4.90 Å². The predicted octanol–water partition coefficient (Wildman–Crippen LogP) is 4.87. The number of hydrogen-bond donors (Lipinski definition) is 6. The van der Waals surface area contributed by atoms with Crippen molar-refractivity contribution in [2.45, 2.75) is 90.6 Å². The molecule has 302 valence electrons. The molecule has 0 aliphatic carbocycles. The fraction of sp³-hybridized carbons (Fsp3) is 0.421. The molecule has 1 aromatic heterocycles. The molecule has 18 nitrogen and oxygen atoms in total. The second kappa shape index (κ2) is 22.4. The summed E-state index contributed by atoms with van der Waals surface area (Å²) in [5.41, 5.74) is 4.20. The van der Waals surface area contributed by atoms with Gasteiger partial charge in [0.1, 0.15) is 12.1 Å². The van der Waals surface area contributed by atoms with Crippen LogP contribution in [0.3, 0.4) is 0 Å². The monoisotopic (exact) mass is 778 g/mol. The number of carbonyl (C=O) groups excluding carboxylic acids is 3. The van der Waals surface area contributed by atoms with E-state index < -0.39 is 41.0 Å². The quantitative estimate of drug-likeness (QED) is 0.0255. The number of benzene rings is 3. The number of aromatic amines is 1. The van der Waals surface area contributed by atoms with Crippen molar-refractivity contribution in [3.63, 3.8) is 0 Å². The molecule has 0 aliphatic heterocycles. The summed E-state index contributed by atoms with van der Waals surface area (Å²) in [6, 6.07) is 22.5. The highest BCUT2D eigenvalue weighted by Crippen LogP contribution is 2.30. The Hall–Kier alpha value is -5.18. The molecule has 0 saturated carbocycles. The Kier molecular flexibility index (Phi) is 17.4. The van der Waals surface area contributed by atoms with Crippen molar-refractivity contribution in [2.24, 2.45) is 5.92 Å². The second-order valence-corrected chi connectivity index (χ2v) is 13.4. The molecule has 0 saturated heterocycles. The Balaban J connectivity index is 1.50. The zero-order chi connectivity index (χ0) is 40.5. The van der Waals surface area contributed by atoms with Gasteiger partial charge < -0.3 is 15.0 Å². The number of amides is 2. The van der Waals surface area contributed by atoms with Gasteiger partial charge in [-0.3, -0.25) is 30.4 Å². The number of rotatable bonds is 23. The SMILES string of the molecule is CCCCC(=O)N(Cc1ccc(-c2ccccc2-c2nn[nH]n2)cc1)C(C(=O)NC(Cc1ccccc1)C(=O)OCCCCC(ON(O)O)ON(O)O)C(C)C. The molecule has 18 heteroatoms. The van der Waals surface area contributed by atoms with Crippen molar-refractivity contribution in [2.75, 3.05) is 6.61 Å². The number of hydrogen-bond acceptors (Lipinski definition) is 15. The molecule has 0 aliphatic rings. The molecule has 0 spiro atoms. The summed E-state index contributed by atoms with van der Waals surface area (Å²) >= 11 is 0. The number of nitrogens with zero attached hydrogens (tertiary/aromatic N) is 6.